The molecule has 0 aliphatic carbocycles. The Morgan fingerprint density at radius 2 is 1.62 bits per heavy atom. The van der Waals surface area contributed by atoms with Crippen LogP contribution in [0.2, 0.25) is 5.02 Å². The number of halogens is 1. The van der Waals surface area contributed by atoms with Gasteiger partial charge in [0.15, 0.2) is 0 Å². The van der Waals surface area contributed by atoms with Crippen LogP contribution in [0.1, 0.15) is 34.4 Å². The van der Waals surface area contributed by atoms with E-state index in [4.69, 9.17) is 20.8 Å². The lowest BCUT2D eigenvalue weighted by molar-refractivity contribution is -0.136. The summed E-state index contributed by atoms with van der Waals surface area (Å²) in [5, 5.41) is 9.06. The first-order valence-corrected chi connectivity index (χ1v) is 15.9. The van der Waals surface area contributed by atoms with Gasteiger partial charge in [0.1, 0.15) is 11.5 Å². The number of amides is 3. The summed E-state index contributed by atoms with van der Waals surface area (Å²) in [6.45, 7) is 1.21. The van der Waals surface area contributed by atoms with Gasteiger partial charge in [-0.25, -0.2) is 18.6 Å². The second-order valence-electron chi connectivity index (χ2n) is 9.74. The van der Waals surface area contributed by atoms with Crippen molar-refractivity contribution in [2.24, 2.45) is 5.10 Å². The fourth-order valence-electron chi connectivity index (χ4n) is 4.03. The Bertz CT molecular complexity index is 1840. The minimum absolute atomic E-state index is 0.0218. The zero-order chi connectivity index (χ0) is 33.8. The monoisotopic (exact) mass is 679 g/mol. The van der Waals surface area contributed by atoms with Crippen molar-refractivity contribution >= 4 is 57.2 Å². The number of nitrogens with one attached hydrogen (secondary N) is 3. The number of hydrogen-bond donors (Lipinski definition) is 3. The molecule has 0 radical (unpaired) electrons. The van der Waals surface area contributed by atoms with Crippen LogP contribution < -0.4 is 16.1 Å². The van der Waals surface area contributed by atoms with Gasteiger partial charge in [-0.1, -0.05) is 41.9 Å². The SMILES string of the molecule is CCOC(=O)c1ccc(NC(=O)C(=O)NCc2ccc(/C=N\NC(=O)CN(Cc3ccccc3)S(=O)(=O)c3ccc(Cl)cc3)o2)cc1. The standard InChI is InChI=1S/C32H30ClN5O8S/c1-2-45-32(42)23-8-12-25(13-9-23)36-31(41)30(40)34-18-26-14-15-27(46-26)19-35-37-29(39)21-38(20-22-6-4-3-5-7-22)47(43,44)28-16-10-24(33)11-17-28/h3-17,19H,2,18,20-21H2,1H3,(H,34,40)(H,36,41)(H,37,39)/b35-19-. The quantitative estimate of drug-likeness (QED) is 0.0829. The molecule has 0 aliphatic heterocycles. The average molecular weight is 680 g/mol. The lowest BCUT2D eigenvalue weighted by atomic mass is 10.2. The zero-order valence-corrected chi connectivity index (χ0v) is 26.6. The van der Waals surface area contributed by atoms with Crippen LogP contribution >= 0.6 is 11.6 Å². The van der Waals surface area contributed by atoms with Gasteiger partial charge in [-0.05, 0) is 73.2 Å². The second kappa shape index (κ2) is 16.3. The number of hydrazone groups is 1. The predicted molar refractivity (Wildman–Crippen MR) is 173 cm³/mol. The number of rotatable bonds is 13. The Labute approximate surface area is 275 Å². The van der Waals surface area contributed by atoms with Crippen LogP contribution in [0.4, 0.5) is 5.69 Å². The molecule has 1 aromatic heterocycles. The molecule has 0 fully saturated rings. The first kappa shape index (κ1) is 34.6. The number of carbonyl (C=O) groups is 4. The predicted octanol–water partition coefficient (Wildman–Crippen LogP) is 3.71. The minimum atomic E-state index is -4.07. The molecule has 3 N–H and O–H groups in total. The van der Waals surface area contributed by atoms with Crippen molar-refractivity contribution in [2.45, 2.75) is 24.9 Å². The van der Waals surface area contributed by atoms with Gasteiger partial charge in [0, 0.05) is 17.3 Å². The van der Waals surface area contributed by atoms with E-state index in [1.807, 2.05) is 0 Å². The highest BCUT2D eigenvalue weighted by atomic mass is 35.5. The van der Waals surface area contributed by atoms with E-state index in [2.05, 4.69) is 21.2 Å². The van der Waals surface area contributed by atoms with Crippen molar-refractivity contribution in [3.05, 3.63) is 119 Å². The van der Waals surface area contributed by atoms with E-state index in [-0.39, 0.29) is 30.4 Å². The lowest BCUT2D eigenvalue weighted by Crippen LogP contribution is -2.39. The summed E-state index contributed by atoms with van der Waals surface area (Å²) in [4.78, 5) is 48.9. The third-order valence-corrected chi connectivity index (χ3v) is 8.38. The Morgan fingerprint density at radius 1 is 0.915 bits per heavy atom. The van der Waals surface area contributed by atoms with Crippen molar-refractivity contribution in [3.8, 4) is 0 Å². The Balaban J connectivity index is 1.29. The minimum Gasteiger partial charge on any atom is -0.462 e. The topological polar surface area (TPSA) is 176 Å². The van der Waals surface area contributed by atoms with Gasteiger partial charge in [-0.15, -0.1) is 0 Å². The summed E-state index contributed by atoms with van der Waals surface area (Å²) >= 11 is 5.91. The summed E-state index contributed by atoms with van der Waals surface area (Å²) in [5.74, 6) is -2.54. The maximum absolute atomic E-state index is 13.4. The summed E-state index contributed by atoms with van der Waals surface area (Å²) < 4.78 is 38.2. The Morgan fingerprint density at radius 3 is 2.30 bits per heavy atom. The molecule has 0 saturated heterocycles. The molecule has 0 spiro atoms. The molecule has 15 heteroatoms. The number of hydrogen-bond acceptors (Lipinski definition) is 9. The van der Waals surface area contributed by atoms with E-state index in [1.54, 1.807) is 37.3 Å². The lowest BCUT2D eigenvalue weighted by Gasteiger charge is -2.21. The molecule has 244 valence electrons. The molecule has 4 rings (SSSR count). The number of sulfonamides is 1. The molecule has 47 heavy (non-hydrogen) atoms. The zero-order valence-electron chi connectivity index (χ0n) is 25.0. The van der Waals surface area contributed by atoms with Gasteiger partial charge < -0.3 is 19.8 Å². The number of benzene rings is 3. The first-order chi connectivity index (χ1) is 22.5. The highest BCUT2D eigenvalue weighted by Crippen LogP contribution is 2.20. The molecule has 4 aromatic rings. The van der Waals surface area contributed by atoms with Crippen LogP contribution in [0.5, 0.6) is 0 Å². The largest absolute Gasteiger partial charge is 0.462 e. The molecular weight excluding hydrogens is 650 g/mol. The van der Waals surface area contributed by atoms with Crippen LogP contribution in [-0.4, -0.2) is 55.8 Å². The van der Waals surface area contributed by atoms with Crippen molar-refractivity contribution < 1.29 is 36.7 Å². The number of anilines is 1. The van der Waals surface area contributed by atoms with Gasteiger partial charge in [0.05, 0.1) is 36.4 Å². The number of esters is 1. The Hall–Kier alpha value is -5.31. The van der Waals surface area contributed by atoms with Gasteiger partial charge in [-0.2, -0.15) is 9.41 Å². The van der Waals surface area contributed by atoms with Crippen molar-refractivity contribution in [1.82, 2.24) is 15.0 Å². The number of furan rings is 1. The number of ether oxygens (including phenoxy) is 1. The molecule has 13 nitrogen and oxygen atoms in total. The van der Waals surface area contributed by atoms with E-state index in [1.165, 1.54) is 66.9 Å². The molecule has 0 bridgehead atoms. The fraction of sp³-hybridized carbons (Fsp3) is 0.156. The van der Waals surface area contributed by atoms with E-state index in [0.717, 1.165) is 4.31 Å². The fourth-order valence-corrected chi connectivity index (χ4v) is 5.54. The average Bonchev–Trinajstić information content (AvgIpc) is 3.52. The molecule has 0 aliphatic rings. The molecule has 0 atom stereocenters. The smallest absolute Gasteiger partial charge is 0.338 e. The second-order valence-corrected chi connectivity index (χ2v) is 12.1. The molecule has 1 heterocycles. The maximum Gasteiger partial charge on any atom is 0.338 e. The van der Waals surface area contributed by atoms with Crippen molar-refractivity contribution in [2.75, 3.05) is 18.5 Å². The third-order valence-electron chi connectivity index (χ3n) is 6.32. The van der Waals surface area contributed by atoms with Crippen LogP contribution in [0.15, 0.2) is 105 Å². The molecule has 3 amide bonds. The molecule has 0 saturated carbocycles. The van der Waals surface area contributed by atoms with Gasteiger partial charge in [-0.3, -0.25) is 14.4 Å². The van der Waals surface area contributed by atoms with Gasteiger partial charge >= 0.3 is 17.8 Å². The van der Waals surface area contributed by atoms with Gasteiger partial charge in [0.25, 0.3) is 5.91 Å². The van der Waals surface area contributed by atoms with Gasteiger partial charge in [0.2, 0.25) is 10.0 Å². The summed E-state index contributed by atoms with van der Waals surface area (Å²) in [6.07, 6.45) is 1.20. The highest BCUT2D eigenvalue weighted by molar-refractivity contribution is 7.89. The molecular formula is C32H30ClN5O8S. The van der Waals surface area contributed by atoms with Crippen molar-refractivity contribution in [3.63, 3.8) is 0 Å². The molecule has 3 aromatic carbocycles. The van der Waals surface area contributed by atoms with Crippen LogP contribution in [0, 0.1) is 0 Å². The van der Waals surface area contributed by atoms with E-state index in [9.17, 15) is 27.6 Å². The normalized spacial score (nSPS) is 11.3. The Kier molecular flexibility index (Phi) is 12.0. The van der Waals surface area contributed by atoms with E-state index >= 15 is 0 Å². The van der Waals surface area contributed by atoms with Crippen LogP contribution in [0.3, 0.4) is 0 Å². The maximum atomic E-state index is 13.4. The van der Waals surface area contributed by atoms with E-state index in [0.29, 0.717) is 27.6 Å². The summed E-state index contributed by atoms with van der Waals surface area (Å²) in [7, 11) is -4.07. The highest BCUT2D eigenvalue weighted by Gasteiger charge is 2.27. The third kappa shape index (κ3) is 10.1. The van der Waals surface area contributed by atoms with E-state index < -0.39 is 40.3 Å². The van der Waals surface area contributed by atoms with Crippen molar-refractivity contribution in [1.29, 1.82) is 0 Å². The number of carbonyl (C=O) groups excluding carboxylic acids is 4. The first-order valence-electron chi connectivity index (χ1n) is 14.1. The summed E-state index contributed by atoms with van der Waals surface area (Å²) in [5.41, 5.74) is 3.58. The number of nitrogens with zero attached hydrogens (tertiary/aromatic N) is 2. The van der Waals surface area contributed by atoms with Crippen LogP contribution in [-0.2, 0) is 42.2 Å². The molecule has 0 unspecified atom stereocenters. The van der Waals surface area contributed by atoms with Crippen LogP contribution in [0.25, 0.3) is 0 Å². The summed E-state index contributed by atoms with van der Waals surface area (Å²) in [6, 6.07) is 23.4.